The molecule has 0 aromatic heterocycles. The first-order chi connectivity index (χ1) is 7.99. The Hall–Kier alpha value is -1.11. The second kappa shape index (κ2) is 6.00. The van der Waals surface area contributed by atoms with Gasteiger partial charge in [0.15, 0.2) is 0 Å². The molecular weight excluding hydrogens is 235 g/mol. The van der Waals surface area contributed by atoms with E-state index in [1.54, 1.807) is 30.3 Å². The monoisotopic (exact) mass is 249 g/mol. The highest BCUT2D eigenvalue weighted by atomic mass is 19.4. The van der Waals surface area contributed by atoms with Gasteiger partial charge in [-0.25, -0.2) is 0 Å². The van der Waals surface area contributed by atoms with E-state index in [0.717, 1.165) is 0 Å². The Labute approximate surface area is 96.9 Å². The Balaban J connectivity index is 2.76. The van der Waals surface area contributed by atoms with Crippen LogP contribution < -0.4 is 5.32 Å². The lowest BCUT2D eigenvalue weighted by atomic mass is 10.1. The summed E-state index contributed by atoms with van der Waals surface area (Å²) >= 11 is 0. The van der Waals surface area contributed by atoms with Crippen LogP contribution in [0.4, 0.5) is 13.2 Å². The van der Waals surface area contributed by atoms with Gasteiger partial charge in [0, 0.05) is 0 Å². The summed E-state index contributed by atoms with van der Waals surface area (Å²) in [6, 6.07) is 5.39. The number of halogens is 3. The molecule has 6 heteroatoms. The van der Waals surface area contributed by atoms with E-state index < -0.39 is 31.5 Å². The fourth-order valence-corrected chi connectivity index (χ4v) is 1.43. The van der Waals surface area contributed by atoms with Gasteiger partial charge in [0.2, 0.25) is 0 Å². The van der Waals surface area contributed by atoms with Crippen molar-refractivity contribution >= 4 is 0 Å². The highest BCUT2D eigenvalue weighted by molar-refractivity contribution is 5.19. The van der Waals surface area contributed by atoms with Crippen molar-refractivity contribution in [1.82, 2.24) is 5.32 Å². The zero-order valence-corrected chi connectivity index (χ0v) is 8.98. The van der Waals surface area contributed by atoms with Gasteiger partial charge in [0.25, 0.3) is 0 Å². The van der Waals surface area contributed by atoms with Crippen LogP contribution >= 0.6 is 0 Å². The van der Waals surface area contributed by atoms with E-state index in [0.29, 0.717) is 5.56 Å². The molecule has 0 amide bonds. The van der Waals surface area contributed by atoms with Crippen molar-refractivity contribution in [3.63, 3.8) is 0 Å². The molecule has 0 fully saturated rings. The smallest absolute Gasteiger partial charge is 0.394 e. The SMILES string of the molecule is OCC(NC(CO)C(F)(F)F)c1ccccc1. The molecule has 0 spiro atoms. The van der Waals surface area contributed by atoms with Gasteiger partial charge in [0.1, 0.15) is 6.04 Å². The average molecular weight is 249 g/mol. The standard InChI is InChI=1S/C11H14F3NO2/c12-11(13,14)10(7-17)15-9(6-16)8-4-2-1-3-5-8/h1-5,9-10,15-17H,6-7H2. The third-order valence-corrected chi connectivity index (χ3v) is 2.36. The van der Waals surface area contributed by atoms with E-state index in [4.69, 9.17) is 10.2 Å². The Morgan fingerprint density at radius 1 is 1.06 bits per heavy atom. The molecule has 0 bridgehead atoms. The number of benzene rings is 1. The molecule has 2 atom stereocenters. The van der Waals surface area contributed by atoms with Crippen LogP contribution in [0, 0.1) is 0 Å². The second-order valence-electron chi connectivity index (χ2n) is 3.59. The maximum absolute atomic E-state index is 12.4. The van der Waals surface area contributed by atoms with E-state index in [2.05, 4.69) is 5.32 Å². The number of hydrogen-bond donors (Lipinski definition) is 3. The lowest BCUT2D eigenvalue weighted by Crippen LogP contribution is -2.47. The van der Waals surface area contributed by atoms with Crippen LogP contribution in [-0.4, -0.2) is 35.6 Å². The second-order valence-corrected chi connectivity index (χ2v) is 3.59. The zero-order valence-electron chi connectivity index (χ0n) is 8.98. The average Bonchev–Trinajstić information content (AvgIpc) is 2.30. The van der Waals surface area contributed by atoms with Crippen LogP contribution in [0.25, 0.3) is 0 Å². The molecule has 2 unspecified atom stereocenters. The van der Waals surface area contributed by atoms with Crippen molar-refractivity contribution in [2.75, 3.05) is 13.2 Å². The first-order valence-electron chi connectivity index (χ1n) is 5.08. The minimum atomic E-state index is -4.54. The summed E-state index contributed by atoms with van der Waals surface area (Å²) in [5.74, 6) is 0. The normalized spacial score (nSPS) is 15.6. The van der Waals surface area contributed by atoms with Crippen molar-refractivity contribution in [3.8, 4) is 0 Å². The van der Waals surface area contributed by atoms with Crippen molar-refractivity contribution in [2.45, 2.75) is 18.3 Å². The number of aliphatic hydroxyl groups excluding tert-OH is 2. The number of aliphatic hydroxyl groups is 2. The summed E-state index contributed by atoms with van der Waals surface area (Å²) in [6.07, 6.45) is -4.54. The predicted octanol–water partition coefficient (Wildman–Crippen LogP) is 1.23. The van der Waals surface area contributed by atoms with Gasteiger partial charge in [-0.3, -0.25) is 5.32 Å². The third kappa shape index (κ3) is 3.99. The molecule has 17 heavy (non-hydrogen) atoms. The Bertz CT molecular complexity index is 329. The summed E-state index contributed by atoms with van der Waals surface area (Å²) in [7, 11) is 0. The van der Waals surface area contributed by atoms with Crippen molar-refractivity contribution in [2.24, 2.45) is 0 Å². The van der Waals surface area contributed by atoms with Crippen molar-refractivity contribution in [1.29, 1.82) is 0 Å². The van der Waals surface area contributed by atoms with Gasteiger partial charge in [-0.05, 0) is 5.56 Å². The highest BCUT2D eigenvalue weighted by Crippen LogP contribution is 2.23. The highest BCUT2D eigenvalue weighted by Gasteiger charge is 2.40. The summed E-state index contributed by atoms with van der Waals surface area (Å²) in [4.78, 5) is 0. The fourth-order valence-electron chi connectivity index (χ4n) is 1.43. The molecule has 0 aliphatic rings. The maximum atomic E-state index is 12.4. The van der Waals surface area contributed by atoms with Gasteiger partial charge in [-0.15, -0.1) is 0 Å². The van der Waals surface area contributed by atoms with Gasteiger partial charge in [-0.1, -0.05) is 30.3 Å². The molecule has 1 rings (SSSR count). The van der Waals surface area contributed by atoms with Crippen molar-refractivity contribution in [3.05, 3.63) is 35.9 Å². The van der Waals surface area contributed by atoms with Crippen LogP contribution in [0.1, 0.15) is 11.6 Å². The Morgan fingerprint density at radius 3 is 2.06 bits per heavy atom. The summed E-state index contributed by atoms with van der Waals surface area (Å²) in [5, 5.41) is 20.0. The molecule has 3 N–H and O–H groups in total. The van der Waals surface area contributed by atoms with Crippen LogP contribution in [-0.2, 0) is 0 Å². The molecule has 0 saturated carbocycles. The number of alkyl halides is 3. The molecule has 96 valence electrons. The first kappa shape index (κ1) is 14.0. The third-order valence-electron chi connectivity index (χ3n) is 2.36. The molecule has 0 heterocycles. The van der Waals surface area contributed by atoms with E-state index in [9.17, 15) is 13.2 Å². The zero-order chi connectivity index (χ0) is 12.9. The molecule has 0 aliphatic heterocycles. The number of rotatable bonds is 5. The van der Waals surface area contributed by atoms with Gasteiger partial charge in [-0.2, -0.15) is 13.2 Å². The molecule has 0 aliphatic carbocycles. The maximum Gasteiger partial charge on any atom is 0.406 e. The minimum absolute atomic E-state index is 0.476. The Morgan fingerprint density at radius 2 is 1.65 bits per heavy atom. The lowest BCUT2D eigenvalue weighted by molar-refractivity contribution is -0.166. The predicted molar refractivity (Wildman–Crippen MR) is 56.3 cm³/mol. The molecular formula is C11H14F3NO2. The van der Waals surface area contributed by atoms with Gasteiger partial charge < -0.3 is 10.2 Å². The van der Waals surface area contributed by atoms with Crippen LogP contribution in [0.15, 0.2) is 30.3 Å². The van der Waals surface area contributed by atoms with Gasteiger partial charge >= 0.3 is 6.18 Å². The first-order valence-corrected chi connectivity index (χ1v) is 5.08. The molecule has 3 nitrogen and oxygen atoms in total. The summed E-state index contributed by atoms with van der Waals surface area (Å²) < 4.78 is 37.3. The minimum Gasteiger partial charge on any atom is -0.394 e. The number of hydrogen-bond acceptors (Lipinski definition) is 3. The topological polar surface area (TPSA) is 52.5 Å². The quantitative estimate of drug-likeness (QED) is 0.735. The molecule has 1 aromatic rings. The van der Waals surface area contributed by atoms with Crippen molar-refractivity contribution < 1.29 is 23.4 Å². The molecule has 0 radical (unpaired) electrons. The summed E-state index contributed by atoms with van der Waals surface area (Å²) in [6.45, 7) is -1.54. The van der Waals surface area contributed by atoms with E-state index in [1.807, 2.05) is 0 Å². The van der Waals surface area contributed by atoms with Crippen LogP contribution in [0.5, 0.6) is 0 Å². The number of nitrogens with one attached hydrogen (secondary N) is 1. The van der Waals surface area contributed by atoms with Crippen LogP contribution in [0.2, 0.25) is 0 Å². The molecule has 1 aromatic carbocycles. The largest absolute Gasteiger partial charge is 0.406 e. The van der Waals surface area contributed by atoms with E-state index in [-0.39, 0.29) is 0 Å². The Kier molecular flexibility index (Phi) is 4.92. The fraction of sp³-hybridized carbons (Fsp3) is 0.455. The van der Waals surface area contributed by atoms with E-state index in [1.165, 1.54) is 0 Å². The lowest BCUT2D eigenvalue weighted by Gasteiger charge is -2.25. The van der Waals surface area contributed by atoms with E-state index >= 15 is 0 Å². The van der Waals surface area contributed by atoms with Gasteiger partial charge in [0.05, 0.1) is 19.3 Å². The molecule has 0 saturated heterocycles. The summed E-state index contributed by atoms with van der Waals surface area (Å²) in [5.41, 5.74) is 0.540. The van der Waals surface area contributed by atoms with Crippen LogP contribution in [0.3, 0.4) is 0 Å².